The van der Waals surface area contributed by atoms with E-state index in [1.807, 2.05) is 32.0 Å². The summed E-state index contributed by atoms with van der Waals surface area (Å²) >= 11 is 1.53. The first-order valence-electron chi connectivity index (χ1n) is 9.18. The molecule has 0 aromatic heterocycles. The van der Waals surface area contributed by atoms with E-state index in [1.54, 1.807) is 6.34 Å². The fourth-order valence-corrected chi connectivity index (χ4v) is 5.65. The summed E-state index contributed by atoms with van der Waals surface area (Å²) in [6.07, 6.45) is 1.78. The van der Waals surface area contributed by atoms with Crippen LogP contribution in [0.5, 0.6) is 0 Å². The molecule has 0 unspecified atom stereocenters. The number of hydrogen-bond acceptors (Lipinski definition) is 5. The molecule has 3 heterocycles. The van der Waals surface area contributed by atoms with Crippen LogP contribution in [0.2, 0.25) is 0 Å². The van der Waals surface area contributed by atoms with Gasteiger partial charge in [0.15, 0.2) is 6.04 Å². The Kier molecular flexibility index (Phi) is 4.53. The van der Waals surface area contributed by atoms with Crippen molar-refractivity contribution in [2.75, 3.05) is 31.1 Å². The van der Waals surface area contributed by atoms with Crippen LogP contribution in [-0.4, -0.2) is 81.5 Å². The van der Waals surface area contributed by atoms with Gasteiger partial charge in [-0.05, 0) is 26.0 Å². The molecule has 27 heavy (non-hydrogen) atoms. The summed E-state index contributed by atoms with van der Waals surface area (Å²) in [6.45, 7) is 7.28. The van der Waals surface area contributed by atoms with E-state index in [0.29, 0.717) is 0 Å². The van der Waals surface area contributed by atoms with Crippen molar-refractivity contribution < 1.29 is 14.7 Å². The van der Waals surface area contributed by atoms with E-state index in [4.69, 9.17) is 0 Å². The maximum Gasteiger partial charge on any atom is 0.327 e. The van der Waals surface area contributed by atoms with Crippen molar-refractivity contribution in [3.8, 4) is 0 Å². The first-order chi connectivity index (χ1) is 12.9. The Bertz CT molecular complexity index is 761. The molecule has 1 aromatic rings. The molecule has 0 aliphatic carbocycles. The highest BCUT2D eigenvalue weighted by molar-refractivity contribution is 8.01. The number of rotatable bonds is 4. The molecule has 0 bridgehead atoms. The molecule has 0 radical (unpaired) electrons. The average Bonchev–Trinajstić information content (AvgIpc) is 2.91. The number of nitrogens with zero attached hydrogens (tertiary/aromatic N) is 4. The van der Waals surface area contributed by atoms with Gasteiger partial charge in [-0.25, -0.2) is 4.79 Å². The third-order valence-electron chi connectivity index (χ3n) is 5.47. The first kappa shape index (κ1) is 18.2. The van der Waals surface area contributed by atoms with Crippen LogP contribution in [0.1, 0.15) is 13.8 Å². The van der Waals surface area contributed by atoms with Crippen LogP contribution in [0.4, 0.5) is 5.69 Å². The van der Waals surface area contributed by atoms with Gasteiger partial charge in [0, 0.05) is 36.6 Å². The Balaban J connectivity index is 1.35. The number of fused-ring (bicyclic) bond motifs is 1. The molecule has 3 atom stereocenters. The third-order valence-corrected chi connectivity index (χ3v) is 7.03. The normalized spacial score (nSPS) is 29.8. The number of aliphatic carboxylic acids is 1. The number of piperazine rings is 1. The molecule has 3 aliphatic heterocycles. The number of β-lactam (4-membered cyclic amide) rings is 1. The molecule has 1 amide bonds. The number of carbonyl (C=O) groups excluding carboxylic acids is 1. The number of carboxylic acids is 1. The zero-order valence-corrected chi connectivity index (χ0v) is 16.3. The minimum atomic E-state index is -0.942. The van der Waals surface area contributed by atoms with Gasteiger partial charge in [0.05, 0.1) is 6.34 Å². The summed E-state index contributed by atoms with van der Waals surface area (Å²) in [5, 5.41) is 9.30. The van der Waals surface area contributed by atoms with E-state index in [1.165, 1.54) is 22.3 Å². The average molecular weight is 388 g/mol. The van der Waals surface area contributed by atoms with E-state index in [0.717, 1.165) is 26.2 Å². The molecule has 0 spiro atoms. The smallest absolute Gasteiger partial charge is 0.327 e. The zero-order chi connectivity index (χ0) is 19.2. The lowest BCUT2D eigenvalue weighted by Gasteiger charge is -2.42. The minimum Gasteiger partial charge on any atom is -0.480 e. The third kappa shape index (κ3) is 3.16. The maximum absolute atomic E-state index is 12.5. The quantitative estimate of drug-likeness (QED) is 0.477. The van der Waals surface area contributed by atoms with E-state index in [9.17, 15) is 14.7 Å². The van der Waals surface area contributed by atoms with Gasteiger partial charge in [0.2, 0.25) is 0 Å². The fourth-order valence-electron chi connectivity index (χ4n) is 4.03. The van der Waals surface area contributed by atoms with Crippen LogP contribution in [-0.2, 0) is 9.59 Å². The second-order valence-corrected chi connectivity index (χ2v) is 9.44. The number of carbonyl (C=O) groups is 2. The van der Waals surface area contributed by atoms with Gasteiger partial charge in [-0.2, -0.15) is 0 Å². The lowest BCUT2D eigenvalue weighted by atomic mass is 9.96. The van der Waals surface area contributed by atoms with E-state index in [2.05, 4.69) is 26.9 Å². The van der Waals surface area contributed by atoms with Gasteiger partial charge in [-0.15, -0.1) is 11.8 Å². The zero-order valence-electron chi connectivity index (χ0n) is 15.5. The van der Waals surface area contributed by atoms with Crippen LogP contribution in [0, 0.1) is 0 Å². The molecule has 8 heteroatoms. The van der Waals surface area contributed by atoms with Crippen molar-refractivity contribution in [2.45, 2.75) is 36.1 Å². The molecule has 3 saturated heterocycles. The van der Waals surface area contributed by atoms with Crippen LogP contribution in [0.25, 0.3) is 0 Å². The van der Waals surface area contributed by atoms with Crippen LogP contribution >= 0.6 is 11.8 Å². The van der Waals surface area contributed by atoms with Crippen molar-refractivity contribution in [2.24, 2.45) is 4.99 Å². The standard InChI is InChI=1S/C19H24N4O3S/c1-19(2)15(18(25)26)23-16(24)14(17(23)27-19)20-12-21-8-10-22(11-9-21)13-6-4-3-5-7-13/h3-7,12,14-15,17H,8-11H2,1-2H3,(H,25,26)/t14-,15+,17-/m1/s1. The number of hydrogen-bond donors (Lipinski definition) is 1. The molecule has 3 aliphatic rings. The Hall–Kier alpha value is -2.22. The second-order valence-electron chi connectivity index (χ2n) is 7.67. The minimum absolute atomic E-state index is 0.171. The van der Waals surface area contributed by atoms with Gasteiger partial charge in [0.25, 0.3) is 5.91 Å². The SMILES string of the molecule is CC1(C)S[C@@H]2[C@H](N=CN3CCN(c4ccccc4)CC3)C(=O)N2[C@H]1C(=O)O. The number of thioether (sulfide) groups is 1. The molecule has 1 aromatic carbocycles. The summed E-state index contributed by atoms with van der Waals surface area (Å²) in [7, 11) is 0. The number of aliphatic imine (C=N–C) groups is 1. The van der Waals surface area contributed by atoms with Crippen molar-refractivity contribution in [1.82, 2.24) is 9.80 Å². The lowest BCUT2D eigenvalue weighted by Crippen LogP contribution is -2.65. The molecule has 3 fully saturated rings. The van der Waals surface area contributed by atoms with Gasteiger partial charge in [-0.3, -0.25) is 9.79 Å². The summed E-state index contributed by atoms with van der Waals surface area (Å²) in [5.41, 5.74) is 1.23. The van der Waals surface area contributed by atoms with Crippen molar-refractivity contribution in [3.05, 3.63) is 30.3 Å². The van der Waals surface area contributed by atoms with Crippen molar-refractivity contribution in [1.29, 1.82) is 0 Å². The summed E-state index contributed by atoms with van der Waals surface area (Å²) in [6, 6.07) is 9.09. The van der Waals surface area contributed by atoms with Gasteiger partial charge >= 0.3 is 5.97 Å². The number of para-hydroxylation sites is 1. The fraction of sp³-hybridized carbons (Fsp3) is 0.526. The van der Waals surface area contributed by atoms with Crippen LogP contribution in [0.15, 0.2) is 35.3 Å². The van der Waals surface area contributed by atoms with E-state index < -0.39 is 22.8 Å². The molecule has 0 saturated carbocycles. The highest BCUT2D eigenvalue weighted by Gasteiger charge is 2.63. The Labute approximate surface area is 163 Å². The van der Waals surface area contributed by atoms with Crippen LogP contribution < -0.4 is 4.90 Å². The first-order valence-corrected chi connectivity index (χ1v) is 10.1. The van der Waals surface area contributed by atoms with Crippen molar-refractivity contribution in [3.63, 3.8) is 0 Å². The largest absolute Gasteiger partial charge is 0.480 e. The summed E-state index contributed by atoms with van der Waals surface area (Å²) in [4.78, 5) is 34.5. The predicted octanol–water partition coefficient (Wildman–Crippen LogP) is 1.35. The highest BCUT2D eigenvalue weighted by atomic mass is 32.2. The Morgan fingerprint density at radius 1 is 1.22 bits per heavy atom. The molecule has 144 valence electrons. The number of amides is 1. The molecule has 7 nitrogen and oxygen atoms in total. The van der Waals surface area contributed by atoms with Gasteiger partial charge < -0.3 is 19.8 Å². The molecular formula is C19H24N4O3S. The molecule has 4 rings (SSSR count). The molecular weight excluding hydrogens is 364 g/mol. The summed E-state index contributed by atoms with van der Waals surface area (Å²) in [5.74, 6) is -1.12. The second kappa shape index (κ2) is 6.74. The van der Waals surface area contributed by atoms with Gasteiger partial charge in [0.1, 0.15) is 11.4 Å². The van der Waals surface area contributed by atoms with E-state index in [-0.39, 0.29) is 11.3 Å². The van der Waals surface area contributed by atoms with Gasteiger partial charge in [-0.1, -0.05) is 18.2 Å². The Morgan fingerprint density at radius 3 is 2.52 bits per heavy atom. The highest BCUT2D eigenvalue weighted by Crippen LogP contribution is 2.51. The molecule has 1 N–H and O–H groups in total. The monoisotopic (exact) mass is 388 g/mol. The van der Waals surface area contributed by atoms with Crippen LogP contribution in [0.3, 0.4) is 0 Å². The number of benzene rings is 1. The maximum atomic E-state index is 12.5. The number of carboxylic acid groups (broad SMARTS) is 1. The Morgan fingerprint density at radius 2 is 1.89 bits per heavy atom. The summed E-state index contributed by atoms with van der Waals surface area (Å²) < 4.78 is -0.502. The van der Waals surface area contributed by atoms with Crippen molar-refractivity contribution >= 4 is 35.7 Å². The predicted molar refractivity (Wildman–Crippen MR) is 106 cm³/mol. The lowest BCUT2D eigenvalue weighted by molar-refractivity contribution is -0.158. The topological polar surface area (TPSA) is 76.5 Å². The van der Waals surface area contributed by atoms with E-state index >= 15 is 0 Å². The number of anilines is 1.